The van der Waals surface area contributed by atoms with Crippen LogP contribution in [0.15, 0.2) is 35.2 Å². The van der Waals surface area contributed by atoms with E-state index in [1.807, 2.05) is 17.0 Å². The number of rotatable bonds is 5. The Labute approximate surface area is 110 Å². The third kappa shape index (κ3) is 2.78. The summed E-state index contributed by atoms with van der Waals surface area (Å²) in [7, 11) is 0. The molecule has 0 spiro atoms. The quantitative estimate of drug-likeness (QED) is 0.877. The van der Waals surface area contributed by atoms with Gasteiger partial charge in [-0.1, -0.05) is 0 Å². The molecule has 0 atom stereocenters. The Balaban J connectivity index is 1.67. The van der Waals surface area contributed by atoms with Crippen LogP contribution in [0.3, 0.4) is 0 Å². The minimum absolute atomic E-state index is 0.0435. The molecule has 1 amide bonds. The minimum Gasteiger partial charge on any atom is -0.467 e. The van der Waals surface area contributed by atoms with Gasteiger partial charge in [0, 0.05) is 12.2 Å². The molecule has 2 aromatic heterocycles. The van der Waals surface area contributed by atoms with Crippen LogP contribution in [0.2, 0.25) is 0 Å². The third-order valence-corrected chi connectivity index (χ3v) is 3.16. The van der Waals surface area contributed by atoms with E-state index in [1.165, 1.54) is 0 Å². The fourth-order valence-corrected chi connectivity index (χ4v) is 2.07. The van der Waals surface area contributed by atoms with Crippen LogP contribution in [0.25, 0.3) is 0 Å². The van der Waals surface area contributed by atoms with Gasteiger partial charge in [0.05, 0.1) is 24.7 Å². The lowest BCUT2D eigenvalue weighted by atomic mass is 10.3. The molecule has 1 aliphatic carbocycles. The monoisotopic (exact) mass is 260 g/mol. The molecule has 0 bridgehead atoms. The molecule has 2 aromatic rings. The largest absolute Gasteiger partial charge is 0.467 e. The van der Waals surface area contributed by atoms with Gasteiger partial charge in [-0.25, -0.2) is 0 Å². The van der Waals surface area contributed by atoms with Gasteiger partial charge in [0.1, 0.15) is 12.3 Å². The highest BCUT2D eigenvalue weighted by Crippen LogP contribution is 2.28. The van der Waals surface area contributed by atoms with Crippen molar-refractivity contribution < 1.29 is 9.21 Å². The SMILES string of the molecule is Nc1cnn(CC(=O)N(Cc2ccco2)C2CC2)c1. The first-order valence-corrected chi connectivity index (χ1v) is 6.32. The normalized spacial score (nSPS) is 14.5. The Morgan fingerprint density at radius 1 is 1.58 bits per heavy atom. The van der Waals surface area contributed by atoms with Crippen LogP contribution in [-0.4, -0.2) is 26.6 Å². The van der Waals surface area contributed by atoms with E-state index in [4.69, 9.17) is 10.2 Å². The molecule has 0 saturated heterocycles. The van der Waals surface area contributed by atoms with Gasteiger partial charge in [-0.05, 0) is 25.0 Å². The van der Waals surface area contributed by atoms with Crippen LogP contribution in [0, 0.1) is 0 Å². The molecule has 6 nitrogen and oxygen atoms in total. The van der Waals surface area contributed by atoms with Crippen LogP contribution in [0.5, 0.6) is 0 Å². The van der Waals surface area contributed by atoms with Gasteiger partial charge >= 0.3 is 0 Å². The standard InChI is InChI=1S/C13H16N4O2/c14-10-6-15-16(7-10)9-13(18)17(11-3-4-11)8-12-2-1-5-19-12/h1-2,5-7,11H,3-4,8-9,14H2. The zero-order valence-electron chi connectivity index (χ0n) is 10.5. The van der Waals surface area contributed by atoms with Crippen molar-refractivity contribution in [2.75, 3.05) is 5.73 Å². The molecular formula is C13H16N4O2. The van der Waals surface area contributed by atoms with E-state index in [2.05, 4.69) is 5.10 Å². The number of furan rings is 1. The molecule has 100 valence electrons. The van der Waals surface area contributed by atoms with Gasteiger partial charge in [0.15, 0.2) is 0 Å². The van der Waals surface area contributed by atoms with Crippen molar-refractivity contribution in [3.8, 4) is 0 Å². The number of aromatic nitrogens is 2. The molecule has 0 aromatic carbocycles. The number of anilines is 1. The maximum Gasteiger partial charge on any atom is 0.244 e. The zero-order chi connectivity index (χ0) is 13.2. The van der Waals surface area contributed by atoms with E-state index in [0.717, 1.165) is 18.6 Å². The van der Waals surface area contributed by atoms with Crippen molar-refractivity contribution in [1.82, 2.24) is 14.7 Å². The average Bonchev–Trinajstić information content (AvgIpc) is 2.93. The first-order chi connectivity index (χ1) is 9.22. The summed E-state index contributed by atoms with van der Waals surface area (Å²) in [6.07, 6.45) is 6.96. The molecular weight excluding hydrogens is 244 g/mol. The number of nitrogen functional groups attached to an aromatic ring is 1. The second kappa shape index (κ2) is 4.79. The van der Waals surface area contributed by atoms with Crippen LogP contribution in [-0.2, 0) is 17.9 Å². The molecule has 0 unspecified atom stereocenters. The van der Waals surface area contributed by atoms with E-state index in [1.54, 1.807) is 23.3 Å². The Morgan fingerprint density at radius 3 is 3.00 bits per heavy atom. The topological polar surface area (TPSA) is 77.3 Å². The van der Waals surface area contributed by atoms with Crippen LogP contribution < -0.4 is 5.73 Å². The van der Waals surface area contributed by atoms with Gasteiger partial charge in [-0.2, -0.15) is 5.10 Å². The number of carbonyl (C=O) groups excluding carboxylic acids is 1. The minimum atomic E-state index is 0.0435. The molecule has 0 aliphatic heterocycles. The maximum atomic E-state index is 12.3. The first kappa shape index (κ1) is 11.8. The maximum absolute atomic E-state index is 12.3. The van der Waals surface area contributed by atoms with E-state index in [-0.39, 0.29) is 12.5 Å². The number of nitrogens with two attached hydrogens (primary N) is 1. The number of carbonyl (C=O) groups is 1. The van der Waals surface area contributed by atoms with E-state index in [9.17, 15) is 4.79 Å². The molecule has 19 heavy (non-hydrogen) atoms. The fourth-order valence-electron chi connectivity index (χ4n) is 2.07. The Bertz CT molecular complexity index is 557. The second-order valence-electron chi connectivity index (χ2n) is 4.80. The summed E-state index contributed by atoms with van der Waals surface area (Å²) in [5.41, 5.74) is 6.16. The summed E-state index contributed by atoms with van der Waals surface area (Å²) in [5.74, 6) is 0.849. The van der Waals surface area contributed by atoms with Gasteiger partial charge in [0.25, 0.3) is 0 Å². The summed E-state index contributed by atoms with van der Waals surface area (Å²) in [5, 5.41) is 4.04. The lowest BCUT2D eigenvalue weighted by molar-refractivity contribution is -0.133. The van der Waals surface area contributed by atoms with Crippen LogP contribution >= 0.6 is 0 Å². The lowest BCUT2D eigenvalue weighted by Crippen LogP contribution is -2.35. The Hall–Kier alpha value is -2.24. The summed E-state index contributed by atoms with van der Waals surface area (Å²) in [4.78, 5) is 14.2. The average molecular weight is 260 g/mol. The van der Waals surface area contributed by atoms with Crippen molar-refractivity contribution in [1.29, 1.82) is 0 Å². The van der Waals surface area contributed by atoms with Gasteiger partial charge in [-0.3, -0.25) is 9.48 Å². The number of amides is 1. The number of nitrogens with zero attached hydrogens (tertiary/aromatic N) is 3. The summed E-state index contributed by atoms with van der Waals surface area (Å²) in [6.45, 7) is 0.738. The Morgan fingerprint density at radius 2 is 2.42 bits per heavy atom. The molecule has 6 heteroatoms. The van der Waals surface area contributed by atoms with Crippen molar-refractivity contribution in [3.63, 3.8) is 0 Å². The van der Waals surface area contributed by atoms with Crippen molar-refractivity contribution in [2.24, 2.45) is 0 Å². The number of hydrogen-bond donors (Lipinski definition) is 1. The predicted molar refractivity (Wildman–Crippen MR) is 68.9 cm³/mol. The van der Waals surface area contributed by atoms with Crippen molar-refractivity contribution >= 4 is 11.6 Å². The molecule has 2 heterocycles. The molecule has 1 saturated carbocycles. The molecule has 1 aliphatic rings. The summed E-state index contributed by atoms with van der Waals surface area (Å²) < 4.78 is 6.87. The van der Waals surface area contributed by atoms with Crippen molar-refractivity contribution in [3.05, 3.63) is 36.5 Å². The highest BCUT2D eigenvalue weighted by atomic mass is 16.3. The Kier molecular flexibility index (Phi) is 2.98. The van der Waals surface area contributed by atoms with E-state index >= 15 is 0 Å². The second-order valence-corrected chi connectivity index (χ2v) is 4.80. The third-order valence-electron chi connectivity index (χ3n) is 3.16. The smallest absolute Gasteiger partial charge is 0.244 e. The summed E-state index contributed by atoms with van der Waals surface area (Å²) >= 11 is 0. The molecule has 3 rings (SSSR count). The molecule has 1 fully saturated rings. The first-order valence-electron chi connectivity index (χ1n) is 6.32. The van der Waals surface area contributed by atoms with E-state index < -0.39 is 0 Å². The molecule has 2 N–H and O–H groups in total. The highest BCUT2D eigenvalue weighted by molar-refractivity contribution is 5.76. The summed E-state index contributed by atoms with van der Waals surface area (Å²) in [6, 6.07) is 4.05. The van der Waals surface area contributed by atoms with E-state index in [0.29, 0.717) is 18.3 Å². The highest BCUT2D eigenvalue weighted by Gasteiger charge is 2.33. The zero-order valence-corrected chi connectivity index (χ0v) is 10.5. The van der Waals surface area contributed by atoms with Crippen LogP contribution in [0.4, 0.5) is 5.69 Å². The predicted octanol–water partition coefficient (Wildman–Crippen LogP) is 1.25. The van der Waals surface area contributed by atoms with Gasteiger partial charge in [-0.15, -0.1) is 0 Å². The fraction of sp³-hybridized carbons (Fsp3) is 0.385. The van der Waals surface area contributed by atoms with Gasteiger partial charge in [0.2, 0.25) is 5.91 Å². The number of hydrogen-bond acceptors (Lipinski definition) is 4. The van der Waals surface area contributed by atoms with Gasteiger partial charge < -0.3 is 15.1 Å². The van der Waals surface area contributed by atoms with Crippen molar-refractivity contribution in [2.45, 2.75) is 32.0 Å². The lowest BCUT2D eigenvalue weighted by Gasteiger charge is -2.21. The molecule has 0 radical (unpaired) electrons. The van der Waals surface area contributed by atoms with Crippen LogP contribution in [0.1, 0.15) is 18.6 Å².